The van der Waals surface area contributed by atoms with Crippen LogP contribution in [0.15, 0.2) is 106 Å². The molecule has 164 valence electrons. The zero-order valence-corrected chi connectivity index (χ0v) is 18.7. The van der Waals surface area contributed by atoms with Gasteiger partial charge in [-0.25, -0.2) is 0 Å². The molecule has 1 aromatic heterocycles. The van der Waals surface area contributed by atoms with Crippen LogP contribution in [0.25, 0.3) is 43.8 Å². The molecule has 0 fully saturated rings. The van der Waals surface area contributed by atoms with Crippen molar-refractivity contribution in [2.45, 2.75) is 13.3 Å². The largest absolute Gasteiger partial charge is 0.508 e. The van der Waals surface area contributed by atoms with Gasteiger partial charge >= 0.3 is 0 Å². The van der Waals surface area contributed by atoms with Gasteiger partial charge in [-0.15, -0.1) is 0 Å². The fourth-order valence-corrected chi connectivity index (χ4v) is 4.78. The standard InChI is InChI=1S/C31H22O3/c1-19-10-12-22(13-11-19)31-26(18-25-23-8-4-2-6-20(23)14-16-27(25)32)30(33)29-24-9-5-3-7-21(24)15-17-28(29)34-31/h2-17,32H,18H2,1H3. The van der Waals surface area contributed by atoms with Crippen LogP contribution in [0.1, 0.15) is 16.7 Å². The summed E-state index contributed by atoms with van der Waals surface area (Å²) < 4.78 is 6.45. The van der Waals surface area contributed by atoms with E-state index in [1.165, 1.54) is 0 Å². The number of phenolic OH excluding ortho intramolecular Hbond substituents is 1. The average Bonchev–Trinajstić information content (AvgIpc) is 2.87. The van der Waals surface area contributed by atoms with Crippen molar-refractivity contribution >= 4 is 32.5 Å². The smallest absolute Gasteiger partial charge is 0.197 e. The Bertz CT molecular complexity index is 1760. The molecule has 0 saturated carbocycles. The van der Waals surface area contributed by atoms with Crippen LogP contribution in [-0.2, 0) is 6.42 Å². The van der Waals surface area contributed by atoms with E-state index in [1.54, 1.807) is 6.07 Å². The van der Waals surface area contributed by atoms with E-state index in [9.17, 15) is 9.90 Å². The number of hydrogen-bond donors (Lipinski definition) is 1. The van der Waals surface area contributed by atoms with E-state index < -0.39 is 0 Å². The van der Waals surface area contributed by atoms with Gasteiger partial charge in [0, 0.05) is 23.1 Å². The molecular weight excluding hydrogens is 420 g/mol. The van der Waals surface area contributed by atoms with Crippen LogP contribution in [0.4, 0.5) is 0 Å². The van der Waals surface area contributed by atoms with Gasteiger partial charge in [-0.2, -0.15) is 0 Å². The minimum absolute atomic E-state index is 0.0686. The van der Waals surface area contributed by atoms with E-state index in [4.69, 9.17) is 4.42 Å². The fraction of sp³-hybridized carbons (Fsp3) is 0.0645. The molecule has 1 N–H and O–H groups in total. The minimum atomic E-state index is -0.0686. The highest BCUT2D eigenvalue weighted by atomic mass is 16.3. The third kappa shape index (κ3) is 3.25. The number of aryl methyl sites for hydroxylation is 1. The van der Waals surface area contributed by atoms with Crippen LogP contribution >= 0.6 is 0 Å². The van der Waals surface area contributed by atoms with Crippen LogP contribution in [-0.4, -0.2) is 5.11 Å². The van der Waals surface area contributed by atoms with Crippen LogP contribution in [0.5, 0.6) is 5.75 Å². The number of rotatable bonds is 3. The molecule has 0 aliphatic heterocycles. The Morgan fingerprint density at radius 3 is 2.12 bits per heavy atom. The second-order valence-corrected chi connectivity index (χ2v) is 8.73. The minimum Gasteiger partial charge on any atom is -0.508 e. The van der Waals surface area contributed by atoms with Gasteiger partial charge in [0.15, 0.2) is 5.43 Å². The second kappa shape index (κ2) is 7.89. The first kappa shape index (κ1) is 20.3. The number of benzene rings is 5. The number of aromatic hydroxyl groups is 1. The third-order valence-electron chi connectivity index (χ3n) is 6.56. The summed E-state index contributed by atoms with van der Waals surface area (Å²) in [7, 11) is 0. The molecule has 0 spiro atoms. The Labute approximate surface area is 196 Å². The Kier molecular flexibility index (Phi) is 4.70. The van der Waals surface area contributed by atoms with Gasteiger partial charge in [-0.3, -0.25) is 4.79 Å². The van der Waals surface area contributed by atoms with Gasteiger partial charge in [0.1, 0.15) is 17.1 Å². The molecule has 0 radical (unpaired) electrons. The van der Waals surface area contributed by atoms with Crippen LogP contribution in [0, 0.1) is 6.92 Å². The molecule has 0 amide bonds. The fourth-order valence-electron chi connectivity index (χ4n) is 4.78. The first-order valence-corrected chi connectivity index (χ1v) is 11.3. The highest BCUT2D eigenvalue weighted by molar-refractivity contribution is 6.06. The van der Waals surface area contributed by atoms with Gasteiger partial charge in [0.2, 0.25) is 0 Å². The molecular formula is C31H22O3. The zero-order valence-electron chi connectivity index (χ0n) is 18.7. The SMILES string of the molecule is Cc1ccc(-c2oc3ccc4ccccc4c3c(=O)c2Cc2c(O)ccc3ccccc23)cc1. The molecule has 0 aliphatic rings. The zero-order chi connectivity index (χ0) is 23.2. The maximum Gasteiger partial charge on any atom is 0.197 e. The van der Waals surface area contributed by atoms with E-state index in [0.717, 1.165) is 38.2 Å². The summed E-state index contributed by atoms with van der Waals surface area (Å²) >= 11 is 0. The number of fused-ring (bicyclic) bond motifs is 4. The third-order valence-corrected chi connectivity index (χ3v) is 6.56. The lowest BCUT2D eigenvalue weighted by atomic mass is 9.93. The highest BCUT2D eigenvalue weighted by Gasteiger charge is 2.20. The van der Waals surface area contributed by atoms with Crippen molar-refractivity contribution in [1.82, 2.24) is 0 Å². The predicted octanol–water partition coefficient (Wildman–Crippen LogP) is 7.37. The maximum absolute atomic E-state index is 14.1. The van der Waals surface area contributed by atoms with E-state index in [1.807, 2.05) is 97.9 Å². The van der Waals surface area contributed by atoms with Crippen molar-refractivity contribution in [3.05, 3.63) is 124 Å². The molecule has 0 atom stereocenters. The second-order valence-electron chi connectivity index (χ2n) is 8.73. The van der Waals surface area contributed by atoms with Gasteiger partial charge in [-0.05, 0) is 40.6 Å². The van der Waals surface area contributed by atoms with Crippen LogP contribution in [0.3, 0.4) is 0 Å². The summed E-state index contributed by atoms with van der Waals surface area (Å²) in [6, 6.07) is 31.2. The predicted molar refractivity (Wildman–Crippen MR) is 139 cm³/mol. The van der Waals surface area contributed by atoms with Crippen molar-refractivity contribution in [3.8, 4) is 17.1 Å². The molecule has 3 heteroatoms. The van der Waals surface area contributed by atoms with E-state index in [-0.39, 0.29) is 17.6 Å². The molecule has 0 bridgehead atoms. The van der Waals surface area contributed by atoms with Crippen molar-refractivity contribution < 1.29 is 9.52 Å². The van der Waals surface area contributed by atoms with Crippen molar-refractivity contribution in [2.24, 2.45) is 0 Å². The number of phenols is 1. The lowest BCUT2D eigenvalue weighted by Crippen LogP contribution is -2.12. The Hall–Kier alpha value is -4.37. The summed E-state index contributed by atoms with van der Waals surface area (Å²) in [5, 5.41) is 15.2. The monoisotopic (exact) mass is 442 g/mol. The van der Waals surface area contributed by atoms with Crippen molar-refractivity contribution in [1.29, 1.82) is 0 Å². The lowest BCUT2D eigenvalue weighted by Gasteiger charge is -2.14. The topological polar surface area (TPSA) is 50.4 Å². The van der Waals surface area contributed by atoms with Gasteiger partial charge in [0.25, 0.3) is 0 Å². The summed E-state index contributed by atoms with van der Waals surface area (Å²) in [5.41, 5.74) is 3.72. The average molecular weight is 443 g/mol. The molecule has 1 heterocycles. The van der Waals surface area contributed by atoms with Crippen LogP contribution < -0.4 is 5.43 Å². The Morgan fingerprint density at radius 2 is 1.35 bits per heavy atom. The Balaban J connectivity index is 1.69. The molecule has 34 heavy (non-hydrogen) atoms. The molecule has 0 saturated heterocycles. The highest BCUT2D eigenvalue weighted by Crippen LogP contribution is 2.34. The van der Waals surface area contributed by atoms with Gasteiger partial charge in [-0.1, -0.05) is 90.5 Å². The first-order valence-electron chi connectivity index (χ1n) is 11.3. The van der Waals surface area contributed by atoms with E-state index in [2.05, 4.69) is 0 Å². The summed E-state index contributed by atoms with van der Waals surface area (Å²) in [4.78, 5) is 14.1. The normalized spacial score (nSPS) is 11.4. The lowest BCUT2D eigenvalue weighted by molar-refractivity contribution is 0.470. The molecule has 6 rings (SSSR count). The van der Waals surface area contributed by atoms with Gasteiger partial charge < -0.3 is 9.52 Å². The van der Waals surface area contributed by atoms with Gasteiger partial charge in [0.05, 0.1) is 5.39 Å². The maximum atomic E-state index is 14.1. The quantitative estimate of drug-likeness (QED) is 0.291. The summed E-state index contributed by atoms with van der Waals surface area (Å²) in [5.74, 6) is 0.714. The molecule has 0 aliphatic carbocycles. The molecule has 6 aromatic rings. The summed E-state index contributed by atoms with van der Waals surface area (Å²) in [6.45, 7) is 2.03. The molecule has 0 unspecified atom stereocenters. The summed E-state index contributed by atoms with van der Waals surface area (Å²) in [6.07, 6.45) is 0.262. The Morgan fingerprint density at radius 1 is 0.706 bits per heavy atom. The molecule has 3 nitrogen and oxygen atoms in total. The van der Waals surface area contributed by atoms with Crippen LogP contribution in [0.2, 0.25) is 0 Å². The van der Waals surface area contributed by atoms with Crippen molar-refractivity contribution in [2.75, 3.05) is 0 Å². The number of hydrogen-bond acceptors (Lipinski definition) is 3. The van der Waals surface area contributed by atoms with Crippen molar-refractivity contribution in [3.63, 3.8) is 0 Å². The van der Waals surface area contributed by atoms with E-state index >= 15 is 0 Å². The molecule has 5 aromatic carbocycles. The first-order chi connectivity index (χ1) is 16.6. The van der Waals surface area contributed by atoms with E-state index in [0.29, 0.717) is 22.3 Å².